The van der Waals surface area contributed by atoms with E-state index in [9.17, 15) is 4.79 Å². The Morgan fingerprint density at radius 3 is 2.42 bits per heavy atom. The minimum absolute atomic E-state index is 0.0255. The Bertz CT molecular complexity index is 339. The molecule has 1 heterocycles. The molecule has 1 aromatic rings. The van der Waals surface area contributed by atoms with E-state index in [1.165, 1.54) is 6.07 Å². The molecule has 0 fully saturated rings. The lowest BCUT2D eigenvalue weighted by Gasteiger charge is -2.13. The van der Waals surface area contributed by atoms with Gasteiger partial charge in [0, 0.05) is 23.5 Å². The molecule has 0 saturated heterocycles. The lowest BCUT2D eigenvalue weighted by Crippen LogP contribution is -2.23. The number of nitrogen functional groups attached to an aromatic ring is 1. The van der Waals surface area contributed by atoms with Crippen molar-refractivity contribution >= 4 is 5.69 Å². The van der Waals surface area contributed by atoms with Crippen LogP contribution in [0.2, 0.25) is 0 Å². The number of aryl methyl sites for hydroxylation is 1. The van der Waals surface area contributed by atoms with Gasteiger partial charge in [-0.1, -0.05) is 0 Å². The quantitative estimate of drug-likeness (QED) is 0.684. The summed E-state index contributed by atoms with van der Waals surface area (Å²) in [4.78, 5) is 11.4. The van der Waals surface area contributed by atoms with Crippen molar-refractivity contribution in [1.29, 1.82) is 0 Å². The van der Waals surface area contributed by atoms with Crippen LogP contribution >= 0.6 is 0 Å². The van der Waals surface area contributed by atoms with Crippen molar-refractivity contribution < 1.29 is 0 Å². The molecule has 0 bridgehead atoms. The topological polar surface area (TPSA) is 48.0 Å². The maximum atomic E-state index is 11.4. The molecule has 0 amide bonds. The van der Waals surface area contributed by atoms with E-state index in [1.54, 1.807) is 10.6 Å². The predicted molar refractivity (Wildman–Crippen MR) is 50.2 cm³/mol. The molecule has 0 unspecified atom stereocenters. The monoisotopic (exact) mass is 166 g/mol. The number of nitrogens with two attached hydrogens (primary N) is 1. The summed E-state index contributed by atoms with van der Waals surface area (Å²) in [6, 6.07) is 3.45. The molecule has 0 atom stereocenters. The SMILES string of the molecule is Cc1cc(N)cc(=O)n1C(C)C. The van der Waals surface area contributed by atoms with E-state index >= 15 is 0 Å². The van der Waals surface area contributed by atoms with Crippen molar-refractivity contribution in [3.8, 4) is 0 Å². The first-order chi connectivity index (χ1) is 5.52. The van der Waals surface area contributed by atoms with Gasteiger partial charge in [-0.2, -0.15) is 0 Å². The molecule has 0 radical (unpaired) electrons. The van der Waals surface area contributed by atoms with Crippen LogP contribution in [0.1, 0.15) is 25.6 Å². The van der Waals surface area contributed by atoms with Crippen molar-refractivity contribution in [3.05, 3.63) is 28.2 Å². The molecule has 1 aromatic heterocycles. The maximum Gasteiger partial charge on any atom is 0.253 e. The van der Waals surface area contributed by atoms with Gasteiger partial charge in [-0.25, -0.2) is 0 Å². The molecule has 3 nitrogen and oxygen atoms in total. The summed E-state index contributed by atoms with van der Waals surface area (Å²) in [6.45, 7) is 5.84. The highest BCUT2D eigenvalue weighted by atomic mass is 16.1. The zero-order chi connectivity index (χ0) is 9.30. The minimum Gasteiger partial charge on any atom is -0.399 e. The van der Waals surface area contributed by atoms with Crippen LogP contribution in [0.4, 0.5) is 5.69 Å². The van der Waals surface area contributed by atoms with Gasteiger partial charge in [0.25, 0.3) is 5.56 Å². The molecule has 0 aliphatic heterocycles. The van der Waals surface area contributed by atoms with E-state index in [-0.39, 0.29) is 11.6 Å². The molecule has 0 saturated carbocycles. The standard InChI is InChI=1S/C9H14N2O/c1-6(2)11-7(3)4-8(10)5-9(11)12/h4-6H,10H2,1-3H3. The summed E-state index contributed by atoms with van der Waals surface area (Å²) in [7, 11) is 0. The molecular weight excluding hydrogens is 152 g/mol. The summed E-state index contributed by atoms with van der Waals surface area (Å²) in [6.07, 6.45) is 0. The Kier molecular flexibility index (Phi) is 2.22. The van der Waals surface area contributed by atoms with Gasteiger partial charge in [0.1, 0.15) is 0 Å². The van der Waals surface area contributed by atoms with Crippen LogP contribution < -0.4 is 11.3 Å². The van der Waals surface area contributed by atoms with Crippen molar-refractivity contribution in [2.24, 2.45) is 0 Å². The fourth-order valence-corrected chi connectivity index (χ4v) is 1.40. The Balaban J connectivity index is 3.39. The second kappa shape index (κ2) is 3.01. The smallest absolute Gasteiger partial charge is 0.253 e. The van der Waals surface area contributed by atoms with Gasteiger partial charge >= 0.3 is 0 Å². The second-order valence-electron chi connectivity index (χ2n) is 3.23. The number of nitrogens with zero attached hydrogens (tertiary/aromatic N) is 1. The highest BCUT2D eigenvalue weighted by Crippen LogP contribution is 2.07. The van der Waals surface area contributed by atoms with Crippen LogP contribution in [-0.2, 0) is 0 Å². The second-order valence-corrected chi connectivity index (χ2v) is 3.23. The molecule has 0 spiro atoms. The third-order valence-electron chi connectivity index (χ3n) is 1.80. The van der Waals surface area contributed by atoms with Gasteiger partial charge in [0.15, 0.2) is 0 Å². The van der Waals surface area contributed by atoms with Crippen molar-refractivity contribution in [2.75, 3.05) is 5.73 Å². The lowest BCUT2D eigenvalue weighted by molar-refractivity contribution is 0.563. The van der Waals surface area contributed by atoms with E-state index in [4.69, 9.17) is 5.73 Å². The molecule has 1 rings (SSSR count). The lowest BCUT2D eigenvalue weighted by atomic mass is 10.2. The average molecular weight is 166 g/mol. The van der Waals surface area contributed by atoms with Crippen molar-refractivity contribution in [3.63, 3.8) is 0 Å². The molecule has 0 aliphatic carbocycles. The maximum absolute atomic E-state index is 11.4. The molecule has 66 valence electrons. The Morgan fingerprint density at radius 1 is 1.42 bits per heavy atom. The number of aromatic nitrogens is 1. The summed E-state index contributed by atoms with van der Waals surface area (Å²) >= 11 is 0. The molecule has 2 N–H and O–H groups in total. The van der Waals surface area contributed by atoms with Crippen molar-refractivity contribution in [2.45, 2.75) is 26.8 Å². The fraction of sp³-hybridized carbons (Fsp3) is 0.444. The van der Waals surface area contributed by atoms with Crippen LogP contribution in [-0.4, -0.2) is 4.57 Å². The molecule has 0 aliphatic rings. The van der Waals surface area contributed by atoms with Gasteiger partial charge in [0.2, 0.25) is 0 Å². The van der Waals surface area contributed by atoms with Crippen LogP contribution in [0, 0.1) is 6.92 Å². The normalized spacial score (nSPS) is 10.7. The fourth-order valence-electron chi connectivity index (χ4n) is 1.40. The van der Waals surface area contributed by atoms with Gasteiger partial charge in [-0.3, -0.25) is 4.79 Å². The number of hydrogen-bond donors (Lipinski definition) is 1. The zero-order valence-corrected chi connectivity index (χ0v) is 7.66. The largest absolute Gasteiger partial charge is 0.399 e. The van der Waals surface area contributed by atoms with Crippen LogP contribution in [0.25, 0.3) is 0 Å². The molecule has 0 aromatic carbocycles. The van der Waals surface area contributed by atoms with E-state index in [0.717, 1.165) is 5.69 Å². The van der Waals surface area contributed by atoms with Gasteiger partial charge in [-0.15, -0.1) is 0 Å². The van der Waals surface area contributed by atoms with E-state index in [0.29, 0.717) is 5.69 Å². The minimum atomic E-state index is -0.0255. The average Bonchev–Trinajstić information content (AvgIpc) is 1.82. The number of rotatable bonds is 1. The summed E-state index contributed by atoms with van der Waals surface area (Å²) in [5.74, 6) is 0. The van der Waals surface area contributed by atoms with Gasteiger partial charge in [0.05, 0.1) is 0 Å². The Labute approximate surface area is 71.8 Å². The Hall–Kier alpha value is -1.25. The van der Waals surface area contributed by atoms with Gasteiger partial charge < -0.3 is 10.3 Å². The number of anilines is 1. The molecule has 12 heavy (non-hydrogen) atoms. The number of hydrogen-bond acceptors (Lipinski definition) is 2. The van der Waals surface area contributed by atoms with Crippen LogP contribution in [0.3, 0.4) is 0 Å². The predicted octanol–water partition coefficient (Wildman–Crippen LogP) is 1.32. The molecule has 3 heteroatoms. The third-order valence-corrected chi connectivity index (χ3v) is 1.80. The summed E-state index contributed by atoms with van der Waals surface area (Å²) in [5.41, 5.74) is 6.94. The zero-order valence-electron chi connectivity index (χ0n) is 7.66. The van der Waals surface area contributed by atoms with E-state index in [1.807, 2.05) is 20.8 Å². The summed E-state index contributed by atoms with van der Waals surface area (Å²) in [5, 5.41) is 0. The van der Waals surface area contributed by atoms with Crippen LogP contribution in [0.5, 0.6) is 0 Å². The first-order valence-corrected chi connectivity index (χ1v) is 4.01. The first-order valence-electron chi connectivity index (χ1n) is 4.01. The third kappa shape index (κ3) is 1.49. The highest BCUT2D eigenvalue weighted by molar-refractivity contribution is 5.37. The number of pyridine rings is 1. The van der Waals surface area contributed by atoms with Crippen LogP contribution in [0.15, 0.2) is 16.9 Å². The van der Waals surface area contributed by atoms with Gasteiger partial charge in [-0.05, 0) is 26.8 Å². The highest BCUT2D eigenvalue weighted by Gasteiger charge is 2.04. The van der Waals surface area contributed by atoms with E-state index in [2.05, 4.69) is 0 Å². The Morgan fingerprint density at radius 2 is 2.00 bits per heavy atom. The molecular formula is C9H14N2O. The first kappa shape index (κ1) is 8.84. The van der Waals surface area contributed by atoms with Crippen molar-refractivity contribution in [1.82, 2.24) is 4.57 Å². The van der Waals surface area contributed by atoms with E-state index < -0.39 is 0 Å². The summed E-state index contributed by atoms with van der Waals surface area (Å²) < 4.78 is 1.72.